The highest BCUT2D eigenvalue weighted by Gasteiger charge is 2.24. The summed E-state index contributed by atoms with van der Waals surface area (Å²) < 4.78 is 19.0. The van der Waals surface area contributed by atoms with Crippen LogP contribution in [0.15, 0.2) is 12.3 Å². The van der Waals surface area contributed by atoms with Crippen LogP contribution in [-0.4, -0.2) is 52.2 Å². The molecule has 2 atom stereocenters. The van der Waals surface area contributed by atoms with Gasteiger partial charge in [0.2, 0.25) is 23.7 Å². The molecule has 1 saturated carbocycles. The first-order valence-electron chi connectivity index (χ1n) is 12.1. The molecule has 1 aliphatic heterocycles. The lowest BCUT2D eigenvalue weighted by Gasteiger charge is -2.24. The standard InChI is InChI=1S/C23H35FN8O/c1-3-18(19-10-7-11-25-19)29-23-31-21(27-13-15-8-5-4-6-9-15)30-22(32-23)28-16-12-17(24)20(33-2)26-14-16/h12,14-15,18-19,25H,3-11,13H2,1-2H3,(H3,27,28,29,30,31,32). The van der Waals surface area contributed by atoms with E-state index in [1.165, 1.54) is 57.9 Å². The summed E-state index contributed by atoms with van der Waals surface area (Å²) in [6.07, 6.45) is 11.1. The SMILES string of the molecule is CCC(Nc1nc(NCC2CCCCC2)nc(Nc2cnc(OC)c(F)c2)n1)C1CCCN1. The van der Waals surface area contributed by atoms with Gasteiger partial charge in [0, 0.05) is 24.7 Å². The number of rotatable bonds is 10. The molecule has 1 saturated heterocycles. The Labute approximate surface area is 194 Å². The van der Waals surface area contributed by atoms with E-state index in [-0.39, 0.29) is 11.9 Å². The highest BCUT2D eigenvalue weighted by atomic mass is 19.1. The Morgan fingerprint density at radius 1 is 1.09 bits per heavy atom. The molecule has 2 aromatic rings. The van der Waals surface area contributed by atoms with Crippen molar-refractivity contribution < 1.29 is 9.13 Å². The molecule has 180 valence electrons. The number of pyridine rings is 1. The zero-order valence-corrected chi connectivity index (χ0v) is 19.5. The van der Waals surface area contributed by atoms with E-state index in [2.05, 4.69) is 48.1 Å². The maximum absolute atomic E-state index is 14.1. The molecule has 33 heavy (non-hydrogen) atoms. The third-order valence-corrected chi connectivity index (χ3v) is 6.50. The smallest absolute Gasteiger partial charge is 0.250 e. The van der Waals surface area contributed by atoms with E-state index in [9.17, 15) is 4.39 Å². The van der Waals surface area contributed by atoms with Gasteiger partial charge in [-0.15, -0.1) is 0 Å². The van der Waals surface area contributed by atoms with Gasteiger partial charge < -0.3 is 26.0 Å². The average molecular weight is 459 g/mol. The maximum Gasteiger partial charge on any atom is 0.250 e. The van der Waals surface area contributed by atoms with Crippen LogP contribution < -0.4 is 26.0 Å². The van der Waals surface area contributed by atoms with E-state index in [1.54, 1.807) is 0 Å². The van der Waals surface area contributed by atoms with E-state index in [1.807, 2.05) is 0 Å². The molecule has 2 unspecified atom stereocenters. The number of anilines is 4. The topological polar surface area (TPSA) is 109 Å². The van der Waals surface area contributed by atoms with Crippen LogP contribution in [0.25, 0.3) is 0 Å². The number of hydrogen-bond acceptors (Lipinski definition) is 9. The van der Waals surface area contributed by atoms with Gasteiger partial charge in [-0.05, 0) is 44.6 Å². The Morgan fingerprint density at radius 3 is 2.58 bits per heavy atom. The van der Waals surface area contributed by atoms with Crippen molar-refractivity contribution in [2.24, 2.45) is 5.92 Å². The zero-order valence-electron chi connectivity index (χ0n) is 19.5. The van der Waals surface area contributed by atoms with E-state index in [4.69, 9.17) is 4.74 Å². The molecule has 0 spiro atoms. The summed E-state index contributed by atoms with van der Waals surface area (Å²) >= 11 is 0. The average Bonchev–Trinajstić information content (AvgIpc) is 3.37. The van der Waals surface area contributed by atoms with Crippen LogP contribution in [-0.2, 0) is 0 Å². The molecule has 2 aliphatic rings. The first kappa shape index (κ1) is 23.4. The minimum Gasteiger partial charge on any atom is -0.479 e. The minimum atomic E-state index is -0.552. The van der Waals surface area contributed by atoms with Crippen molar-refractivity contribution in [3.63, 3.8) is 0 Å². The molecule has 3 heterocycles. The van der Waals surface area contributed by atoms with Gasteiger partial charge in [0.15, 0.2) is 5.82 Å². The number of methoxy groups -OCH3 is 1. The predicted molar refractivity (Wildman–Crippen MR) is 128 cm³/mol. The number of aromatic nitrogens is 4. The fourth-order valence-electron chi connectivity index (χ4n) is 4.68. The Balaban J connectivity index is 1.52. The molecule has 0 amide bonds. The summed E-state index contributed by atoms with van der Waals surface area (Å²) in [7, 11) is 1.38. The van der Waals surface area contributed by atoms with Crippen molar-refractivity contribution in [2.45, 2.75) is 70.4 Å². The Kier molecular flexibility index (Phi) is 8.09. The summed E-state index contributed by atoms with van der Waals surface area (Å²) in [5, 5.41) is 13.5. The molecule has 9 nitrogen and oxygen atoms in total. The van der Waals surface area contributed by atoms with Crippen LogP contribution in [0.2, 0.25) is 0 Å². The predicted octanol–water partition coefficient (Wildman–Crippen LogP) is 4.09. The van der Waals surface area contributed by atoms with Crippen molar-refractivity contribution in [3.05, 3.63) is 18.1 Å². The molecule has 10 heteroatoms. The van der Waals surface area contributed by atoms with Crippen LogP contribution in [0, 0.1) is 11.7 Å². The molecular formula is C23H35FN8O. The van der Waals surface area contributed by atoms with Crippen LogP contribution in [0.4, 0.5) is 27.9 Å². The Bertz CT molecular complexity index is 902. The van der Waals surface area contributed by atoms with Crippen molar-refractivity contribution in [3.8, 4) is 5.88 Å². The quantitative estimate of drug-likeness (QED) is 0.418. The van der Waals surface area contributed by atoms with Gasteiger partial charge in [0.1, 0.15) is 0 Å². The monoisotopic (exact) mass is 458 g/mol. The highest BCUT2D eigenvalue weighted by Crippen LogP contribution is 2.25. The largest absolute Gasteiger partial charge is 0.479 e. The Hall–Kier alpha value is -2.75. The fourth-order valence-corrected chi connectivity index (χ4v) is 4.68. The van der Waals surface area contributed by atoms with Gasteiger partial charge in [0.25, 0.3) is 0 Å². The lowest BCUT2D eigenvalue weighted by atomic mass is 9.89. The van der Waals surface area contributed by atoms with E-state index >= 15 is 0 Å². The van der Waals surface area contributed by atoms with Crippen LogP contribution in [0.1, 0.15) is 58.3 Å². The number of nitrogens with zero attached hydrogens (tertiary/aromatic N) is 4. The molecule has 2 fully saturated rings. The molecule has 0 bridgehead atoms. The van der Waals surface area contributed by atoms with Crippen LogP contribution in [0.5, 0.6) is 5.88 Å². The van der Waals surface area contributed by atoms with E-state index in [0.29, 0.717) is 35.5 Å². The van der Waals surface area contributed by atoms with Crippen molar-refractivity contribution in [1.82, 2.24) is 25.3 Å². The van der Waals surface area contributed by atoms with Gasteiger partial charge in [-0.2, -0.15) is 15.0 Å². The summed E-state index contributed by atoms with van der Waals surface area (Å²) in [6.45, 7) is 4.03. The summed E-state index contributed by atoms with van der Waals surface area (Å²) in [5.74, 6) is 1.37. The number of nitrogens with one attached hydrogen (secondary N) is 4. The summed E-state index contributed by atoms with van der Waals surface area (Å²) in [4.78, 5) is 17.7. The fraction of sp³-hybridized carbons (Fsp3) is 0.652. The van der Waals surface area contributed by atoms with Crippen molar-refractivity contribution in [1.29, 1.82) is 0 Å². The zero-order chi connectivity index (χ0) is 23.0. The second-order valence-electron chi connectivity index (χ2n) is 8.89. The molecule has 4 N–H and O–H groups in total. The number of ether oxygens (including phenoxy) is 1. The lowest BCUT2D eigenvalue weighted by Crippen LogP contribution is -2.40. The van der Waals surface area contributed by atoms with Gasteiger partial charge >= 0.3 is 0 Å². The normalized spacial score (nSPS) is 19.8. The van der Waals surface area contributed by atoms with Crippen LogP contribution in [0.3, 0.4) is 0 Å². The van der Waals surface area contributed by atoms with Crippen molar-refractivity contribution >= 4 is 23.5 Å². The molecule has 0 aromatic carbocycles. The maximum atomic E-state index is 14.1. The third-order valence-electron chi connectivity index (χ3n) is 6.50. The summed E-state index contributed by atoms with van der Waals surface area (Å²) in [5.41, 5.74) is 0.438. The number of hydrogen-bond donors (Lipinski definition) is 4. The third kappa shape index (κ3) is 6.40. The first-order valence-corrected chi connectivity index (χ1v) is 12.1. The second-order valence-corrected chi connectivity index (χ2v) is 8.89. The van der Waals surface area contributed by atoms with Gasteiger partial charge in [-0.25, -0.2) is 9.37 Å². The van der Waals surface area contributed by atoms with E-state index < -0.39 is 5.82 Å². The molecular weight excluding hydrogens is 423 g/mol. The molecule has 1 aliphatic carbocycles. The van der Waals surface area contributed by atoms with E-state index in [0.717, 1.165) is 25.9 Å². The summed E-state index contributed by atoms with van der Waals surface area (Å²) in [6, 6.07) is 1.92. The minimum absolute atomic E-state index is 0.0526. The Morgan fingerprint density at radius 2 is 1.88 bits per heavy atom. The molecule has 4 rings (SSSR count). The van der Waals surface area contributed by atoms with Gasteiger partial charge in [-0.3, -0.25) is 0 Å². The second kappa shape index (κ2) is 11.4. The van der Waals surface area contributed by atoms with Crippen LogP contribution >= 0.6 is 0 Å². The lowest BCUT2D eigenvalue weighted by molar-refractivity contribution is 0.369. The van der Waals surface area contributed by atoms with Gasteiger partial charge in [-0.1, -0.05) is 26.2 Å². The van der Waals surface area contributed by atoms with Gasteiger partial charge in [0.05, 0.1) is 19.0 Å². The first-order chi connectivity index (χ1) is 16.1. The highest BCUT2D eigenvalue weighted by molar-refractivity contribution is 5.55. The number of halogens is 1. The molecule has 2 aromatic heterocycles. The molecule has 0 radical (unpaired) electrons. The van der Waals surface area contributed by atoms with Crippen molar-refractivity contribution in [2.75, 3.05) is 36.1 Å².